The topological polar surface area (TPSA) is 182 Å². The molecule has 2 aromatic heterocycles. The Kier molecular flexibility index (Phi) is 8.92. The van der Waals surface area contributed by atoms with Crippen LogP contribution in [0.4, 0.5) is 5.82 Å². The Balaban J connectivity index is 0.000000344. The van der Waals surface area contributed by atoms with Gasteiger partial charge in [-0.15, -0.1) is 0 Å². The van der Waals surface area contributed by atoms with E-state index in [1.54, 1.807) is 13.1 Å². The second-order valence-corrected chi connectivity index (χ2v) is 7.81. The van der Waals surface area contributed by atoms with Gasteiger partial charge in [0.05, 0.1) is 24.2 Å². The Labute approximate surface area is 185 Å². The van der Waals surface area contributed by atoms with Crippen molar-refractivity contribution in [2.45, 2.75) is 63.7 Å². The van der Waals surface area contributed by atoms with E-state index in [2.05, 4.69) is 25.9 Å². The zero-order chi connectivity index (χ0) is 23.8. The van der Waals surface area contributed by atoms with E-state index in [-0.39, 0.29) is 0 Å². The predicted octanol–water partition coefficient (Wildman–Crippen LogP) is 2.08. The first-order chi connectivity index (χ1) is 15.2. The standard InChI is InChI=1S/C17H23N5O.C4H6O5/c1-11(23)17-21-14-10-20-16(19-2)9-15(14)22(17)13-5-3-12(4-6-13)7-8-18;5-2(4(8)9)1-3(6)7/h9-13,23H,3-7H2,1-2H3,(H,19,20);2,5H,1H2,(H,6,7)(H,8,9)/t11-,12-,13-;2-/m10/s1. The van der Waals surface area contributed by atoms with Crippen LogP contribution in [0.3, 0.4) is 0 Å². The van der Waals surface area contributed by atoms with Gasteiger partial charge in [-0.3, -0.25) is 4.79 Å². The molecule has 2 heterocycles. The second kappa shape index (κ2) is 11.4. The third kappa shape index (κ3) is 6.38. The number of fused-ring (bicyclic) bond motifs is 1. The van der Waals surface area contributed by atoms with Crippen molar-refractivity contribution in [1.82, 2.24) is 14.5 Å². The van der Waals surface area contributed by atoms with E-state index < -0.39 is 30.6 Å². The van der Waals surface area contributed by atoms with Crippen LogP contribution in [0, 0.1) is 17.2 Å². The van der Waals surface area contributed by atoms with Gasteiger partial charge in [0.1, 0.15) is 23.3 Å². The number of pyridine rings is 1. The molecule has 5 N–H and O–H groups in total. The first-order valence-corrected chi connectivity index (χ1v) is 10.4. The van der Waals surface area contributed by atoms with Gasteiger partial charge in [-0.05, 0) is 38.5 Å². The first kappa shape index (κ1) is 25.0. The number of anilines is 1. The third-order valence-corrected chi connectivity index (χ3v) is 5.45. The average Bonchev–Trinajstić information content (AvgIpc) is 3.13. The molecular weight excluding hydrogens is 418 g/mol. The van der Waals surface area contributed by atoms with Gasteiger partial charge in [-0.1, -0.05) is 0 Å². The molecule has 3 rings (SSSR count). The number of hydrogen-bond donors (Lipinski definition) is 5. The number of imidazole rings is 1. The fraction of sp³-hybridized carbons (Fsp3) is 0.571. The zero-order valence-corrected chi connectivity index (χ0v) is 18.1. The maximum Gasteiger partial charge on any atom is 0.333 e. The summed E-state index contributed by atoms with van der Waals surface area (Å²) >= 11 is 0. The van der Waals surface area contributed by atoms with Crippen LogP contribution >= 0.6 is 0 Å². The quantitative estimate of drug-likeness (QED) is 0.421. The molecule has 0 unspecified atom stereocenters. The molecule has 1 fully saturated rings. The van der Waals surface area contributed by atoms with Crippen LogP contribution in [0.25, 0.3) is 11.0 Å². The smallest absolute Gasteiger partial charge is 0.333 e. The third-order valence-electron chi connectivity index (χ3n) is 5.45. The summed E-state index contributed by atoms with van der Waals surface area (Å²) in [5, 5.41) is 46.2. The molecule has 11 nitrogen and oxygen atoms in total. The van der Waals surface area contributed by atoms with Crippen molar-refractivity contribution < 1.29 is 30.0 Å². The lowest BCUT2D eigenvalue weighted by Crippen LogP contribution is -2.22. The van der Waals surface area contributed by atoms with E-state index in [0.29, 0.717) is 24.2 Å². The molecular formula is C21H29N5O6. The fourth-order valence-corrected chi connectivity index (χ4v) is 3.82. The normalized spacial score (nSPS) is 19.8. The molecule has 0 amide bonds. The van der Waals surface area contributed by atoms with Crippen molar-refractivity contribution in [3.05, 3.63) is 18.1 Å². The predicted molar refractivity (Wildman–Crippen MR) is 115 cm³/mol. The Hall–Kier alpha value is -3.23. The maximum absolute atomic E-state index is 10.1. The van der Waals surface area contributed by atoms with E-state index in [0.717, 1.165) is 42.5 Å². The van der Waals surface area contributed by atoms with Crippen molar-refractivity contribution in [3.63, 3.8) is 0 Å². The Bertz CT molecular complexity index is 975. The number of aliphatic hydroxyl groups is 2. The van der Waals surface area contributed by atoms with Crippen LogP contribution in [-0.4, -0.2) is 60.1 Å². The number of aromatic nitrogens is 3. The summed E-state index contributed by atoms with van der Waals surface area (Å²) in [6.45, 7) is 1.76. The minimum atomic E-state index is -1.79. The monoisotopic (exact) mass is 447 g/mol. The molecule has 2 atom stereocenters. The first-order valence-electron chi connectivity index (χ1n) is 10.4. The fourth-order valence-electron chi connectivity index (χ4n) is 3.82. The van der Waals surface area contributed by atoms with Crippen molar-refractivity contribution in [2.75, 3.05) is 12.4 Å². The largest absolute Gasteiger partial charge is 0.481 e. The summed E-state index contributed by atoms with van der Waals surface area (Å²) < 4.78 is 2.19. The Morgan fingerprint density at radius 3 is 2.41 bits per heavy atom. The van der Waals surface area contributed by atoms with Gasteiger partial charge in [0, 0.05) is 25.6 Å². The van der Waals surface area contributed by atoms with Crippen LogP contribution in [0.1, 0.15) is 63.4 Å². The molecule has 0 saturated heterocycles. The summed E-state index contributed by atoms with van der Waals surface area (Å²) in [6, 6.07) is 4.61. The van der Waals surface area contributed by atoms with E-state index in [9.17, 15) is 14.7 Å². The van der Waals surface area contributed by atoms with E-state index in [1.165, 1.54) is 0 Å². The highest BCUT2D eigenvalue weighted by Crippen LogP contribution is 2.37. The Morgan fingerprint density at radius 1 is 1.28 bits per heavy atom. The molecule has 0 aromatic carbocycles. The summed E-state index contributed by atoms with van der Waals surface area (Å²) in [4.78, 5) is 28.3. The molecule has 0 bridgehead atoms. The number of hydrogen-bond acceptors (Lipinski definition) is 8. The maximum atomic E-state index is 10.1. The van der Waals surface area contributed by atoms with Crippen molar-refractivity contribution in [2.24, 2.45) is 5.92 Å². The second-order valence-electron chi connectivity index (χ2n) is 7.81. The lowest BCUT2D eigenvalue weighted by molar-refractivity contribution is -0.152. The highest BCUT2D eigenvalue weighted by atomic mass is 16.4. The van der Waals surface area contributed by atoms with Crippen molar-refractivity contribution >= 4 is 28.8 Å². The molecule has 0 spiro atoms. The van der Waals surface area contributed by atoms with Crippen LogP contribution in [-0.2, 0) is 9.59 Å². The van der Waals surface area contributed by atoms with Crippen molar-refractivity contribution in [3.8, 4) is 6.07 Å². The molecule has 1 aliphatic rings. The van der Waals surface area contributed by atoms with Gasteiger partial charge in [0.15, 0.2) is 6.10 Å². The molecule has 1 saturated carbocycles. The lowest BCUT2D eigenvalue weighted by atomic mass is 9.84. The van der Waals surface area contributed by atoms with E-state index in [1.807, 2.05) is 13.1 Å². The summed E-state index contributed by atoms with van der Waals surface area (Å²) in [5.41, 5.74) is 1.84. The number of nitrogens with zero attached hydrogens (tertiary/aromatic N) is 4. The molecule has 32 heavy (non-hydrogen) atoms. The summed E-state index contributed by atoms with van der Waals surface area (Å²) in [7, 11) is 1.84. The van der Waals surface area contributed by atoms with Crippen LogP contribution < -0.4 is 5.32 Å². The van der Waals surface area contributed by atoms with E-state index >= 15 is 0 Å². The number of aliphatic carboxylic acids is 2. The number of rotatable bonds is 7. The summed E-state index contributed by atoms with van der Waals surface area (Å²) in [6.07, 6.45) is 3.40. The van der Waals surface area contributed by atoms with E-state index in [4.69, 9.17) is 20.6 Å². The van der Waals surface area contributed by atoms with Gasteiger partial charge in [-0.25, -0.2) is 14.8 Å². The average molecular weight is 447 g/mol. The highest BCUT2D eigenvalue weighted by molar-refractivity contribution is 5.79. The number of carboxylic acid groups (broad SMARTS) is 2. The molecule has 11 heteroatoms. The number of aliphatic hydroxyl groups excluding tert-OH is 2. The van der Waals surface area contributed by atoms with Crippen LogP contribution in [0.2, 0.25) is 0 Å². The molecule has 1 aliphatic carbocycles. The minimum absolute atomic E-state index is 0.326. The van der Waals surface area contributed by atoms with Crippen LogP contribution in [0.5, 0.6) is 0 Å². The lowest BCUT2D eigenvalue weighted by Gasteiger charge is -2.30. The van der Waals surface area contributed by atoms with Gasteiger partial charge in [0.2, 0.25) is 0 Å². The Morgan fingerprint density at radius 2 is 1.94 bits per heavy atom. The number of carbonyl (C=O) groups is 2. The SMILES string of the molecule is CNc1cc2c(cn1)nc([C@@H](C)O)n2[C@H]1CC[C@H](CC#N)CC1.O=C(O)C[C@H](O)C(=O)O. The number of nitriles is 1. The zero-order valence-electron chi connectivity index (χ0n) is 18.1. The molecule has 2 aromatic rings. The van der Waals surface area contributed by atoms with Crippen molar-refractivity contribution in [1.29, 1.82) is 5.26 Å². The number of carboxylic acids is 2. The molecule has 0 radical (unpaired) electrons. The van der Waals surface area contributed by atoms with Gasteiger partial charge >= 0.3 is 11.9 Å². The molecule has 174 valence electrons. The summed E-state index contributed by atoms with van der Waals surface area (Å²) in [5.74, 6) is -0.828. The number of nitrogens with one attached hydrogen (secondary N) is 1. The van der Waals surface area contributed by atoms with Crippen LogP contribution in [0.15, 0.2) is 12.3 Å². The van der Waals surface area contributed by atoms with Gasteiger partial charge < -0.3 is 30.3 Å². The van der Waals surface area contributed by atoms with Gasteiger partial charge in [0.25, 0.3) is 0 Å². The molecule has 0 aliphatic heterocycles. The van der Waals surface area contributed by atoms with Gasteiger partial charge in [-0.2, -0.15) is 5.26 Å². The minimum Gasteiger partial charge on any atom is -0.481 e. The highest BCUT2D eigenvalue weighted by Gasteiger charge is 2.27.